The molecule has 2 aromatic rings. The lowest BCUT2D eigenvalue weighted by Crippen LogP contribution is -2.54. The molecule has 0 bridgehead atoms. The number of amides is 1. The maximum Gasteiger partial charge on any atom is 0.237 e. The van der Waals surface area contributed by atoms with Gasteiger partial charge in [-0.15, -0.1) is 0 Å². The Morgan fingerprint density at radius 1 is 1.07 bits per heavy atom. The molecule has 7 heteroatoms. The maximum absolute atomic E-state index is 12.7. The van der Waals surface area contributed by atoms with E-state index in [2.05, 4.69) is 25.1 Å². The molecule has 1 amide bonds. The molecular weight excluding hydrogens is 342 g/mol. The van der Waals surface area contributed by atoms with E-state index < -0.39 is 0 Å². The van der Waals surface area contributed by atoms with Gasteiger partial charge in [-0.1, -0.05) is 18.2 Å². The molecule has 7 nitrogen and oxygen atoms in total. The first-order chi connectivity index (χ1) is 13.1. The Bertz CT molecular complexity index is 747. The van der Waals surface area contributed by atoms with Gasteiger partial charge in [0.05, 0.1) is 19.2 Å². The number of nitrogens with one attached hydrogen (secondary N) is 1. The Morgan fingerprint density at radius 2 is 1.74 bits per heavy atom. The number of aromatic nitrogens is 2. The van der Waals surface area contributed by atoms with Crippen LogP contribution >= 0.6 is 0 Å². The van der Waals surface area contributed by atoms with Gasteiger partial charge in [-0.3, -0.25) is 9.69 Å². The summed E-state index contributed by atoms with van der Waals surface area (Å²) in [6, 6.07) is 9.27. The molecule has 144 valence electrons. The number of rotatable bonds is 6. The van der Waals surface area contributed by atoms with Crippen LogP contribution < -0.4 is 15.0 Å². The number of anilines is 1. The van der Waals surface area contributed by atoms with Gasteiger partial charge in [0.25, 0.3) is 0 Å². The van der Waals surface area contributed by atoms with Gasteiger partial charge in [0, 0.05) is 44.1 Å². The van der Waals surface area contributed by atoms with Crippen molar-refractivity contribution in [2.24, 2.45) is 0 Å². The van der Waals surface area contributed by atoms with Gasteiger partial charge >= 0.3 is 0 Å². The Kier molecular flexibility index (Phi) is 6.24. The van der Waals surface area contributed by atoms with Crippen LogP contribution in [0, 0.1) is 0 Å². The number of para-hydroxylation sites is 1. The molecule has 1 aromatic carbocycles. The van der Waals surface area contributed by atoms with Gasteiger partial charge < -0.3 is 15.0 Å². The van der Waals surface area contributed by atoms with Crippen LogP contribution in [0.1, 0.15) is 25.5 Å². The Labute approximate surface area is 160 Å². The van der Waals surface area contributed by atoms with Crippen molar-refractivity contribution in [3.8, 4) is 5.75 Å². The molecule has 27 heavy (non-hydrogen) atoms. The first kappa shape index (κ1) is 19.1. The van der Waals surface area contributed by atoms with E-state index >= 15 is 0 Å². The molecule has 2 atom stereocenters. The summed E-state index contributed by atoms with van der Waals surface area (Å²) in [5.41, 5.74) is 0.978. The summed E-state index contributed by atoms with van der Waals surface area (Å²) in [4.78, 5) is 25.7. The van der Waals surface area contributed by atoms with Crippen LogP contribution in [-0.4, -0.2) is 60.1 Å². The van der Waals surface area contributed by atoms with Crippen molar-refractivity contribution in [3.63, 3.8) is 0 Å². The predicted molar refractivity (Wildman–Crippen MR) is 105 cm³/mol. The quantitative estimate of drug-likeness (QED) is 0.838. The summed E-state index contributed by atoms with van der Waals surface area (Å²) in [5, 5.41) is 3.11. The van der Waals surface area contributed by atoms with E-state index in [9.17, 15) is 4.79 Å². The summed E-state index contributed by atoms with van der Waals surface area (Å²) in [5.74, 6) is 1.56. The van der Waals surface area contributed by atoms with Crippen molar-refractivity contribution in [2.45, 2.75) is 25.9 Å². The Hall–Kier alpha value is -2.67. The molecule has 3 rings (SSSR count). The Balaban J connectivity index is 1.55. The van der Waals surface area contributed by atoms with Crippen LogP contribution in [0.5, 0.6) is 5.75 Å². The van der Waals surface area contributed by atoms with E-state index in [4.69, 9.17) is 4.74 Å². The van der Waals surface area contributed by atoms with Crippen LogP contribution in [0.2, 0.25) is 0 Å². The smallest absolute Gasteiger partial charge is 0.237 e. The highest BCUT2D eigenvalue weighted by Crippen LogP contribution is 2.24. The van der Waals surface area contributed by atoms with Crippen molar-refractivity contribution in [3.05, 3.63) is 48.3 Å². The molecule has 0 spiro atoms. The number of hydrogen-bond acceptors (Lipinski definition) is 6. The zero-order valence-electron chi connectivity index (χ0n) is 16.1. The third-order valence-electron chi connectivity index (χ3n) is 5.04. The predicted octanol–water partition coefficient (Wildman–Crippen LogP) is 1.87. The highest BCUT2D eigenvalue weighted by Gasteiger charge is 2.27. The molecule has 2 unspecified atom stereocenters. The van der Waals surface area contributed by atoms with Crippen molar-refractivity contribution in [1.29, 1.82) is 0 Å². The molecule has 1 aliphatic heterocycles. The number of hydrogen-bond donors (Lipinski definition) is 1. The molecule has 1 N–H and O–H groups in total. The summed E-state index contributed by atoms with van der Waals surface area (Å²) in [6.45, 7) is 7.16. The van der Waals surface area contributed by atoms with Gasteiger partial charge in [0.2, 0.25) is 11.9 Å². The average Bonchev–Trinajstić information content (AvgIpc) is 2.73. The molecule has 2 heterocycles. The highest BCUT2D eigenvalue weighted by molar-refractivity contribution is 5.81. The number of carbonyl (C=O) groups excluding carboxylic acids is 1. The minimum absolute atomic E-state index is 0.0258. The zero-order chi connectivity index (χ0) is 19.2. The van der Waals surface area contributed by atoms with Crippen molar-refractivity contribution in [1.82, 2.24) is 20.2 Å². The van der Waals surface area contributed by atoms with Crippen molar-refractivity contribution in [2.75, 3.05) is 38.2 Å². The van der Waals surface area contributed by atoms with Crippen LogP contribution in [0.25, 0.3) is 0 Å². The van der Waals surface area contributed by atoms with Crippen LogP contribution in [0.3, 0.4) is 0 Å². The topological polar surface area (TPSA) is 70.6 Å². The normalized spacial score (nSPS) is 17.2. The Morgan fingerprint density at radius 3 is 2.41 bits per heavy atom. The second-order valence-electron chi connectivity index (χ2n) is 6.72. The summed E-state index contributed by atoms with van der Waals surface area (Å²) < 4.78 is 5.40. The lowest BCUT2D eigenvalue weighted by molar-refractivity contribution is -0.126. The molecule has 1 saturated heterocycles. The van der Waals surface area contributed by atoms with Gasteiger partial charge in [-0.2, -0.15) is 0 Å². The second kappa shape index (κ2) is 8.81. The lowest BCUT2D eigenvalue weighted by Gasteiger charge is -2.37. The van der Waals surface area contributed by atoms with Gasteiger partial charge in [0.15, 0.2) is 0 Å². The van der Waals surface area contributed by atoms with Crippen LogP contribution in [0.15, 0.2) is 42.7 Å². The SMILES string of the molecule is COc1ccccc1C(C)NC(=O)C(C)N1CCN(c2ncccn2)CC1. The fraction of sp³-hybridized carbons (Fsp3) is 0.450. The van der Waals surface area contributed by atoms with Crippen LogP contribution in [-0.2, 0) is 4.79 Å². The molecule has 0 aliphatic carbocycles. The summed E-state index contributed by atoms with van der Waals surface area (Å²) in [6.07, 6.45) is 3.51. The fourth-order valence-electron chi connectivity index (χ4n) is 3.37. The molecule has 1 aromatic heterocycles. The number of nitrogens with zero attached hydrogens (tertiary/aromatic N) is 4. The zero-order valence-corrected chi connectivity index (χ0v) is 16.1. The summed E-state index contributed by atoms with van der Waals surface area (Å²) in [7, 11) is 1.64. The number of piperazine rings is 1. The van der Waals surface area contributed by atoms with Gasteiger partial charge in [-0.05, 0) is 26.0 Å². The lowest BCUT2D eigenvalue weighted by atomic mass is 10.1. The largest absolute Gasteiger partial charge is 0.496 e. The van der Waals surface area contributed by atoms with Crippen molar-refractivity contribution < 1.29 is 9.53 Å². The number of benzene rings is 1. The van der Waals surface area contributed by atoms with Crippen LogP contribution in [0.4, 0.5) is 5.95 Å². The minimum atomic E-state index is -0.194. The number of ether oxygens (including phenoxy) is 1. The van der Waals surface area contributed by atoms with E-state index in [0.29, 0.717) is 0 Å². The van der Waals surface area contributed by atoms with Gasteiger partial charge in [0.1, 0.15) is 5.75 Å². The van der Waals surface area contributed by atoms with E-state index in [-0.39, 0.29) is 18.0 Å². The molecule has 1 fully saturated rings. The van der Waals surface area contributed by atoms with Crippen molar-refractivity contribution >= 4 is 11.9 Å². The molecule has 0 radical (unpaired) electrons. The molecule has 1 aliphatic rings. The van der Waals surface area contributed by atoms with E-state index in [1.54, 1.807) is 19.5 Å². The molecule has 0 saturated carbocycles. The second-order valence-corrected chi connectivity index (χ2v) is 6.72. The summed E-state index contributed by atoms with van der Waals surface area (Å²) >= 11 is 0. The van der Waals surface area contributed by atoms with E-state index in [1.165, 1.54) is 0 Å². The first-order valence-corrected chi connectivity index (χ1v) is 9.29. The third-order valence-corrected chi connectivity index (χ3v) is 5.04. The minimum Gasteiger partial charge on any atom is -0.496 e. The standard InChI is InChI=1S/C20H27N5O2/c1-15(17-7-4-5-8-18(17)27-3)23-19(26)16(2)24-11-13-25(14-12-24)20-21-9-6-10-22-20/h4-10,15-16H,11-14H2,1-3H3,(H,23,26). The third kappa shape index (κ3) is 4.54. The molecular formula is C20H27N5O2. The average molecular weight is 369 g/mol. The monoisotopic (exact) mass is 369 g/mol. The van der Waals surface area contributed by atoms with Gasteiger partial charge in [-0.25, -0.2) is 9.97 Å². The maximum atomic E-state index is 12.7. The van der Waals surface area contributed by atoms with E-state index in [0.717, 1.165) is 43.4 Å². The van der Waals surface area contributed by atoms with E-state index in [1.807, 2.05) is 44.2 Å². The fourth-order valence-corrected chi connectivity index (χ4v) is 3.37. The number of carbonyl (C=O) groups is 1. The highest BCUT2D eigenvalue weighted by atomic mass is 16.5. The number of methoxy groups -OCH3 is 1. The first-order valence-electron chi connectivity index (χ1n) is 9.29.